The Morgan fingerprint density at radius 3 is 2.63 bits per heavy atom. The summed E-state index contributed by atoms with van der Waals surface area (Å²) in [5, 5.41) is 12.2. The molecular formula is C16H23N3. The molecule has 1 aromatic carbocycles. The van der Waals surface area contributed by atoms with Crippen LogP contribution >= 0.6 is 0 Å². The molecule has 1 saturated heterocycles. The molecule has 1 fully saturated rings. The molecule has 1 atom stereocenters. The first-order chi connectivity index (χ1) is 9.06. The Bertz CT molecular complexity index is 456. The lowest BCUT2D eigenvalue weighted by atomic mass is 9.84. The van der Waals surface area contributed by atoms with Gasteiger partial charge < -0.3 is 10.2 Å². The number of hydrogen-bond donors (Lipinski definition) is 1. The smallest absolute Gasteiger partial charge is 0.0991 e. The van der Waals surface area contributed by atoms with Crippen LogP contribution in [0.4, 0.5) is 5.69 Å². The van der Waals surface area contributed by atoms with Crippen LogP contribution in [0.1, 0.15) is 32.3 Å². The predicted octanol–water partition coefficient (Wildman–Crippen LogP) is 2.77. The maximum Gasteiger partial charge on any atom is 0.0991 e. The third kappa shape index (κ3) is 3.08. The highest BCUT2D eigenvalue weighted by molar-refractivity contribution is 5.52. The van der Waals surface area contributed by atoms with Gasteiger partial charge in [0.1, 0.15) is 0 Å². The number of hydrogen-bond acceptors (Lipinski definition) is 3. The molecule has 1 aromatic rings. The third-order valence-corrected chi connectivity index (χ3v) is 4.14. The minimum Gasteiger partial charge on any atom is -0.366 e. The molecule has 0 bridgehead atoms. The summed E-state index contributed by atoms with van der Waals surface area (Å²) in [6, 6.07) is 10.1. The van der Waals surface area contributed by atoms with Gasteiger partial charge in [-0.1, -0.05) is 0 Å². The molecule has 19 heavy (non-hydrogen) atoms. The molecule has 3 nitrogen and oxygen atoms in total. The van der Waals surface area contributed by atoms with Crippen LogP contribution in [-0.4, -0.2) is 25.7 Å². The van der Waals surface area contributed by atoms with Crippen molar-refractivity contribution in [1.29, 1.82) is 5.26 Å². The van der Waals surface area contributed by atoms with Crippen LogP contribution in [0, 0.1) is 17.2 Å². The lowest BCUT2D eigenvalue weighted by molar-refractivity contribution is 0.287. The molecule has 0 saturated carbocycles. The SMILES string of the molecule is CNCC1CCC(C)(C)N(c2ccc(C#N)cc2)C1. The fourth-order valence-corrected chi connectivity index (χ4v) is 2.92. The van der Waals surface area contributed by atoms with Crippen molar-refractivity contribution >= 4 is 5.69 Å². The highest BCUT2D eigenvalue weighted by Gasteiger charge is 2.33. The molecule has 1 heterocycles. The highest BCUT2D eigenvalue weighted by Crippen LogP contribution is 2.34. The highest BCUT2D eigenvalue weighted by atomic mass is 15.2. The fraction of sp³-hybridized carbons (Fsp3) is 0.562. The molecule has 1 N–H and O–H groups in total. The van der Waals surface area contributed by atoms with Crippen molar-refractivity contribution in [3.8, 4) is 6.07 Å². The minimum atomic E-state index is 0.193. The van der Waals surface area contributed by atoms with E-state index in [-0.39, 0.29) is 5.54 Å². The van der Waals surface area contributed by atoms with E-state index in [9.17, 15) is 0 Å². The predicted molar refractivity (Wildman–Crippen MR) is 79.2 cm³/mol. The second-order valence-corrected chi connectivity index (χ2v) is 6.04. The van der Waals surface area contributed by atoms with E-state index >= 15 is 0 Å². The van der Waals surface area contributed by atoms with Crippen LogP contribution in [0.3, 0.4) is 0 Å². The summed E-state index contributed by atoms with van der Waals surface area (Å²) in [5.41, 5.74) is 2.15. The van der Waals surface area contributed by atoms with E-state index in [0.717, 1.165) is 18.7 Å². The minimum absolute atomic E-state index is 0.193. The van der Waals surface area contributed by atoms with Crippen molar-refractivity contribution < 1.29 is 0 Å². The van der Waals surface area contributed by atoms with E-state index in [1.807, 2.05) is 19.2 Å². The molecule has 0 radical (unpaired) electrons. The Balaban J connectivity index is 2.20. The molecular weight excluding hydrogens is 234 g/mol. The number of nitrogens with zero attached hydrogens (tertiary/aromatic N) is 2. The summed E-state index contributed by atoms with van der Waals surface area (Å²) < 4.78 is 0. The van der Waals surface area contributed by atoms with Crippen molar-refractivity contribution in [2.24, 2.45) is 5.92 Å². The Kier molecular flexibility index (Phi) is 4.11. The Hall–Kier alpha value is -1.53. The molecule has 0 aromatic heterocycles. The average molecular weight is 257 g/mol. The molecule has 1 aliphatic heterocycles. The average Bonchev–Trinajstić information content (AvgIpc) is 2.41. The number of piperidine rings is 1. The standard InChI is InChI=1S/C16H23N3/c1-16(2)9-8-14(11-18-3)12-19(16)15-6-4-13(10-17)5-7-15/h4-7,14,18H,8-9,11-12H2,1-3H3. The second kappa shape index (κ2) is 5.63. The summed E-state index contributed by atoms with van der Waals surface area (Å²) in [6.45, 7) is 6.77. The van der Waals surface area contributed by atoms with Crippen LogP contribution in [0.15, 0.2) is 24.3 Å². The Morgan fingerprint density at radius 2 is 2.05 bits per heavy atom. The number of nitriles is 1. The van der Waals surface area contributed by atoms with Crippen LogP contribution in [0.5, 0.6) is 0 Å². The van der Waals surface area contributed by atoms with Gasteiger partial charge in [-0.05, 0) is 70.5 Å². The molecule has 0 aliphatic carbocycles. The third-order valence-electron chi connectivity index (χ3n) is 4.14. The van der Waals surface area contributed by atoms with Gasteiger partial charge in [0.05, 0.1) is 11.6 Å². The number of anilines is 1. The normalized spacial score (nSPS) is 22.0. The molecule has 2 rings (SSSR count). The van der Waals surface area contributed by atoms with Gasteiger partial charge in [0.15, 0.2) is 0 Å². The van der Waals surface area contributed by atoms with Gasteiger partial charge in [-0.25, -0.2) is 0 Å². The summed E-state index contributed by atoms with van der Waals surface area (Å²) >= 11 is 0. The van der Waals surface area contributed by atoms with E-state index in [2.05, 4.69) is 42.3 Å². The van der Waals surface area contributed by atoms with E-state index < -0.39 is 0 Å². The van der Waals surface area contributed by atoms with Gasteiger partial charge in [0.25, 0.3) is 0 Å². The number of benzene rings is 1. The summed E-state index contributed by atoms with van der Waals surface area (Å²) in [7, 11) is 2.02. The molecule has 0 spiro atoms. The van der Waals surface area contributed by atoms with E-state index in [0.29, 0.717) is 5.92 Å². The molecule has 3 heteroatoms. The van der Waals surface area contributed by atoms with Gasteiger partial charge in [-0.15, -0.1) is 0 Å². The Labute approximate surface area is 116 Å². The van der Waals surface area contributed by atoms with E-state index in [1.54, 1.807) is 0 Å². The zero-order valence-corrected chi connectivity index (χ0v) is 12.1. The van der Waals surface area contributed by atoms with Gasteiger partial charge >= 0.3 is 0 Å². The lowest BCUT2D eigenvalue weighted by Crippen LogP contribution is -2.52. The molecule has 0 amide bonds. The topological polar surface area (TPSA) is 39.1 Å². The molecule has 1 unspecified atom stereocenters. The largest absolute Gasteiger partial charge is 0.366 e. The zero-order valence-electron chi connectivity index (χ0n) is 12.1. The van der Waals surface area contributed by atoms with E-state index in [1.165, 1.54) is 18.5 Å². The van der Waals surface area contributed by atoms with Gasteiger partial charge in [-0.2, -0.15) is 5.26 Å². The van der Waals surface area contributed by atoms with Crippen molar-refractivity contribution in [2.45, 2.75) is 32.2 Å². The monoisotopic (exact) mass is 257 g/mol. The van der Waals surface area contributed by atoms with Gasteiger partial charge in [0, 0.05) is 17.8 Å². The summed E-state index contributed by atoms with van der Waals surface area (Å²) in [6.07, 6.45) is 2.49. The lowest BCUT2D eigenvalue weighted by Gasteiger charge is -2.47. The van der Waals surface area contributed by atoms with Crippen molar-refractivity contribution in [3.05, 3.63) is 29.8 Å². The van der Waals surface area contributed by atoms with Crippen LogP contribution in [0.2, 0.25) is 0 Å². The first-order valence-electron chi connectivity index (χ1n) is 6.99. The van der Waals surface area contributed by atoms with Gasteiger partial charge in [-0.3, -0.25) is 0 Å². The van der Waals surface area contributed by atoms with Crippen molar-refractivity contribution in [1.82, 2.24) is 5.32 Å². The van der Waals surface area contributed by atoms with Crippen molar-refractivity contribution in [3.63, 3.8) is 0 Å². The maximum absolute atomic E-state index is 8.88. The number of nitrogens with one attached hydrogen (secondary N) is 1. The van der Waals surface area contributed by atoms with Gasteiger partial charge in [0.2, 0.25) is 0 Å². The molecule has 1 aliphatic rings. The first-order valence-corrected chi connectivity index (χ1v) is 6.99. The number of rotatable bonds is 3. The van der Waals surface area contributed by atoms with E-state index in [4.69, 9.17) is 5.26 Å². The second-order valence-electron chi connectivity index (χ2n) is 6.04. The quantitative estimate of drug-likeness (QED) is 0.905. The first kappa shape index (κ1) is 13.9. The van der Waals surface area contributed by atoms with Crippen molar-refractivity contribution in [2.75, 3.05) is 25.0 Å². The fourth-order valence-electron chi connectivity index (χ4n) is 2.92. The zero-order chi connectivity index (χ0) is 13.9. The van der Waals surface area contributed by atoms with Crippen LogP contribution < -0.4 is 10.2 Å². The summed E-state index contributed by atoms with van der Waals surface area (Å²) in [4.78, 5) is 2.49. The Morgan fingerprint density at radius 1 is 1.37 bits per heavy atom. The van der Waals surface area contributed by atoms with Crippen LogP contribution in [-0.2, 0) is 0 Å². The maximum atomic E-state index is 8.88. The summed E-state index contributed by atoms with van der Waals surface area (Å²) in [5.74, 6) is 0.702. The molecule has 102 valence electrons. The van der Waals surface area contributed by atoms with Crippen LogP contribution in [0.25, 0.3) is 0 Å².